The lowest BCUT2D eigenvalue weighted by molar-refractivity contribution is -0.156. The van der Waals surface area contributed by atoms with Crippen LogP contribution in [0.1, 0.15) is 25.3 Å². The monoisotopic (exact) mass is 387 g/mol. The van der Waals surface area contributed by atoms with Crippen LogP contribution in [0.4, 0.5) is 0 Å². The number of hydrogen-bond donors (Lipinski definition) is 2. The van der Waals surface area contributed by atoms with Gasteiger partial charge in [-0.1, -0.05) is 6.07 Å². The number of carbonyl (C=O) groups is 2. The van der Waals surface area contributed by atoms with E-state index in [-0.39, 0.29) is 23.5 Å². The lowest BCUT2D eigenvalue weighted by Crippen LogP contribution is -2.78. The van der Waals surface area contributed by atoms with Gasteiger partial charge in [-0.3, -0.25) is 24.4 Å². The first-order valence-electron chi connectivity index (χ1n) is 10.0. The van der Waals surface area contributed by atoms with E-state index in [1.165, 1.54) is 12.5 Å². The van der Waals surface area contributed by atoms with Gasteiger partial charge in [-0.15, -0.1) is 0 Å². The minimum atomic E-state index is -0.287. The van der Waals surface area contributed by atoms with Crippen LogP contribution in [0.15, 0.2) is 24.5 Å². The number of nitrogens with zero attached hydrogens (tertiary/aromatic N) is 4. The minimum Gasteiger partial charge on any atom is -0.392 e. The van der Waals surface area contributed by atoms with Crippen molar-refractivity contribution in [2.45, 2.75) is 44.0 Å². The van der Waals surface area contributed by atoms with E-state index in [9.17, 15) is 14.7 Å². The summed E-state index contributed by atoms with van der Waals surface area (Å²) in [6.45, 7) is 6.59. The van der Waals surface area contributed by atoms with Crippen LogP contribution in [0.25, 0.3) is 0 Å². The average Bonchev–Trinajstić information content (AvgIpc) is 3.00. The molecule has 1 aromatic heterocycles. The maximum Gasteiger partial charge on any atom is 0.224 e. The van der Waals surface area contributed by atoms with Gasteiger partial charge in [-0.2, -0.15) is 0 Å². The molecule has 0 unspecified atom stereocenters. The molecule has 28 heavy (non-hydrogen) atoms. The molecule has 4 rings (SSSR count). The van der Waals surface area contributed by atoms with Gasteiger partial charge in [0.25, 0.3) is 0 Å². The first kappa shape index (κ1) is 19.3. The van der Waals surface area contributed by atoms with Crippen molar-refractivity contribution in [3.8, 4) is 0 Å². The number of pyridine rings is 1. The maximum absolute atomic E-state index is 12.4. The van der Waals surface area contributed by atoms with Crippen LogP contribution in [0.3, 0.4) is 0 Å². The standard InChI is InChI=1S/C20H29N5O3/c1-15(26)22-6-4-19(28)24-13-20(14-24)12-23(9-16-3-2-5-21-8-16)10-17-7-18(27)11-25(17)20/h2-3,5,8,17-18,27H,4,6-7,9-14H2,1H3,(H,22,26)/t17-,18-/m1/s1. The SMILES string of the molecule is CC(=O)NCCC(=O)N1CC2(CN(Cc3cccnc3)C[C@H]3C[C@@H](O)CN32)C1. The third-order valence-electron chi connectivity index (χ3n) is 6.15. The number of aromatic nitrogens is 1. The third kappa shape index (κ3) is 3.90. The van der Waals surface area contributed by atoms with Crippen molar-refractivity contribution in [1.29, 1.82) is 0 Å². The molecule has 2 atom stereocenters. The summed E-state index contributed by atoms with van der Waals surface area (Å²) in [4.78, 5) is 34.4. The maximum atomic E-state index is 12.4. The Hall–Kier alpha value is -2.03. The smallest absolute Gasteiger partial charge is 0.224 e. The molecule has 1 aromatic rings. The molecule has 8 heteroatoms. The first-order valence-corrected chi connectivity index (χ1v) is 10.0. The molecule has 0 saturated carbocycles. The molecule has 4 heterocycles. The minimum absolute atomic E-state index is 0.0771. The highest BCUT2D eigenvalue weighted by molar-refractivity contribution is 5.79. The molecule has 0 aromatic carbocycles. The number of amides is 2. The van der Waals surface area contributed by atoms with Gasteiger partial charge in [-0.05, 0) is 18.1 Å². The van der Waals surface area contributed by atoms with Crippen molar-refractivity contribution < 1.29 is 14.7 Å². The number of β-amino-alcohol motifs (C(OH)–C–C–N with tert-alkyl or cyclic N) is 1. The van der Waals surface area contributed by atoms with Crippen LogP contribution in [0.5, 0.6) is 0 Å². The van der Waals surface area contributed by atoms with Crippen molar-refractivity contribution in [2.75, 3.05) is 39.3 Å². The molecule has 0 aliphatic carbocycles. The second kappa shape index (κ2) is 7.77. The fourth-order valence-electron chi connectivity index (χ4n) is 5.01. The van der Waals surface area contributed by atoms with E-state index in [0.29, 0.717) is 38.6 Å². The van der Waals surface area contributed by atoms with Crippen molar-refractivity contribution >= 4 is 11.8 Å². The molecule has 152 valence electrons. The fraction of sp³-hybridized carbons (Fsp3) is 0.650. The molecular formula is C20H29N5O3. The molecule has 3 fully saturated rings. The number of aliphatic hydroxyl groups is 1. The van der Waals surface area contributed by atoms with Gasteiger partial charge in [0.15, 0.2) is 0 Å². The summed E-state index contributed by atoms with van der Waals surface area (Å²) in [6.07, 6.45) is 4.53. The summed E-state index contributed by atoms with van der Waals surface area (Å²) >= 11 is 0. The van der Waals surface area contributed by atoms with Crippen LogP contribution >= 0.6 is 0 Å². The van der Waals surface area contributed by atoms with Crippen LogP contribution in [0, 0.1) is 0 Å². The van der Waals surface area contributed by atoms with Crippen LogP contribution in [-0.2, 0) is 16.1 Å². The van der Waals surface area contributed by atoms with Crippen molar-refractivity contribution in [3.63, 3.8) is 0 Å². The van der Waals surface area contributed by atoms with Crippen LogP contribution < -0.4 is 5.32 Å². The molecule has 2 N–H and O–H groups in total. The van der Waals surface area contributed by atoms with Crippen molar-refractivity contribution in [1.82, 2.24) is 25.0 Å². The highest BCUT2D eigenvalue weighted by Crippen LogP contribution is 2.39. The molecule has 1 spiro atoms. The molecule has 8 nitrogen and oxygen atoms in total. The normalized spacial score (nSPS) is 26.7. The Kier molecular flexibility index (Phi) is 5.35. The Morgan fingerprint density at radius 2 is 2.14 bits per heavy atom. The van der Waals surface area contributed by atoms with Gasteiger partial charge >= 0.3 is 0 Å². The quantitative estimate of drug-likeness (QED) is 0.704. The molecule has 3 saturated heterocycles. The largest absolute Gasteiger partial charge is 0.392 e. The Morgan fingerprint density at radius 1 is 1.32 bits per heavy atom. The number of piperazine rings is 1. The number of rotatable bonds is 5. The van der Waals surface area contributed by atoms with E-state index in [4.69, 9.17) is 0 Å². The highest BCUT2D eigenvalue weighted by Gasteiger charge is 2.56. The second-order valence-electron chi connectivity index (χ2n) is 8.43. The van der Waals surface area contributed by atoms with Crippen LogP contribution in [-0.4, -0.2) is 93.6 Å². The average molecular weight is 387 g/mol. The summed E-state index contributed by atoms with van der Waals surface area (Å²) in [5.74, 6) is -0.0276. The summed E-state index contributed by atoms with van der Waals surface area (Å²) < 4.78 is 0. The predicted molar refractivity (Wildman–Crippen MR) is 103 cm³/mol. The predicted octanol–water partition coefficient (Wildman–Crippen LogP) is -0.560. The first-order chi connectivity index (χ1) is 13.4. The van der Waals surface area contributed by atoms with Crippen LogP contribution in [0.2, 0.25) is 0 Å². The Morgan fingerprint density at radius 3 is 2.86 bits per heavy atom. The molecule has 2 amide bonds. The number of hydrogen-bond acceptors (Lipinski definition) is 6. The van der Waals surface area contributed by atoms with Gasteiger partial charge in [0.2, 0.25) is 11.8 Å². The van der Waals surface area contributed by atoms with Crippen molar-refractivity contribution in [3.05, 3.63) is 30.1 Å². The number of fused-ring (bicyclic) bond motifs is 2. The van der Waals surface area contributed by atoms with Gasteiger partial charge in [0.05, 0.1) is 11.6 Å². The topological polar surface area (TPSA) is 89.0 Å². The summed E-state index contributed by atoms with van der Waals surface area (Å²) in [5, 5.41) is 12.9. The Labute approximate surface area is 165 Å². The van der Waals surface area contributed by atoms with E-state index in [2.05, 4.69) is 26.2 Å². The van der Waals surface area contributed by atoms with Gasteiger partial charge in [0, 0.05) is 77.6 Å². The third-order valence-corrected chi connectivity index (χ3v) is 6.15. The zero-order valence-corrected chi connectivity index (χ0v) is 16.4. The Bertz CT molecular complexity index is 722. The molecule has 0 bridgehead atoms. The number of nitrogens with one attached hydrogen (secondary N) is 1. The molecular weight excluding hydrogens is 358 g/mol. The lowest BCUT2D eigenvalue weighted by atomic mass is 9.83. The van der Waals surface area contributed by atoms with E-state index in [1.54, 1.807) is 6.20 Å². The van der Waals surface area contributed by atoms with E-state index in [0.717, 1.165) is 26.1 Å². The molecule has 0 radical (unpaired) electrons. The number of likely N-dealkylation sites (tertiary alicyclic amines) is 1. The summed E-state index contributed by atoms with van der Waals surface area (Å²) in [5.41, 5.74) is 1.11. The van der Waals surface area contributed by atoms with Crippen molar-refractivity contribution in [2.24, 2.45) is 0 Å². The highest BCUT2D eigenvalue weighted by atomic mass is 16.3. The molecule has 3 aliphatic rings. The van der Waals surface area contributed by atoms with E-state index >= 15 is 0 Å². The zero-order chi connectivity index (χ0) is 19.7. The number of carbonyl (C=O) groups excluding carboxylic acids is 2. The fourth-order valence-corrected chi connectivity index (χ4v) is 5.01. The van der Waals surface area contributed by atoms with Gasteiger partial charge in [0.1, 0.15) is 0 Å². The zero-order valence-electron chi connectivity index (χ0n) is 16.4. The van der Waals surface area contributed by atoms with E-state index in [1.807, 2.05) is 17.2 Å². The summed E-state index contributed by atoms with van der Waals surface area (Å²) in [7, 11) is 0. The van der Waals surface area contributed by atoms with Gasteiger partial charge in [-0.25, -0.2) is 0 Å². The molecule has 3 aliphatic heterocycles. The van der Waals surface area contributed by atoms with E-state index < -0.39 is 0 Å². The second-order valence-corrected chi connectivity index (χ2v) is 8.43. The lowest BCUT2D eigenvalue weighted by Gasteiger charge is -2.61. The van der Waals surface area contributed by atoms with Gasteiger partial charge < -0.3 is 15.3 Å². The Balaban J connectivity index is 1.40. The summed E-state index contributed by atoms with van der Waals surface area (Å²) in [6, 6.07) is 4.38. The number of aliphatic hydroxyl groups excluding tert-OH is 1.